The summed E-state index contributed by atoms with van der Waals surface area (Å²) in [6.07, 6.45) is 2.38. The minimum absolute atomic E-state index is 0.0979. The Kier molecular flexibility index (Phi) is 4.06. The maximum absolute atomic E-state index is 10.9. The van der Waals surface area contributed by atoms with E-state index in [1.54, 1.807) is 19.9 Å². The van der Waals surface area contributed by atoms with Gasteiger partial charge in [-0.05, 0) is 26.8 Å². The van der Waals surface area contributed by atoms with Gasteiger partial charge in [-0.3, -0.25) is 9.59 Å². The second kappa shape index (κ2) is 5.12. The van der Waals surface area contributed by atoms with Crippen LogP contribution in [0.3, 0.4) is 0 Å². The Labute approximate surface area is 94.2 Å². The van der Waals surface area contributed by atoms with Crippen LogP contribution in [-0.4, -0.2) is 34.7 Å². The molecular weight excluding hydrogens is 210 g/mol. The molecule has 0 radical (unpaired) electrons. The third kappa shape index (κ3) is 2.82. The lowest BCUT2D eigenvalue weighted by molar-refractivity contribution is -0.140. The van der Waals surface area contributed by atoms with Gasteiger partial charge < -0.3 is 15.5 Å². The highest BCUT2D eigenvalue weighted by Gasteiger charge is 2.33. The number of aliphatic carboxylic acids is 2. The largest absolute Gasteiger partial charge is 0.481 e. The smallest absolute Gasteiger partial charge is 0.321 e. The lowest BCUT2D eigenvalue weighted by Gasteiger charge is -2.17. The minimum atomic E-state index is -0.891. The zero-order valence-corrected chi connectivity index (χ0v) is 9.43. The van der Waals surface area contributed by atoms with Crippen LogP contribution in [0.1, 0.15) is 20.3 Å². The zero-order chi connectivity index (χ0) is 12.3. The molecule has 16 heavy (non-hydrogen) atoms. The number of rotatable bonds is 4. The average molecular weight is 227 g/mol. The molecule has 1 aliphatic heterocycles. The van der Waals surface area contributed by atoms with Crippen LogP contribution in [0.15, 0.2) is 11.6 Å². The first-order valence-corrected chi connectivity index (χ1v) is 5.30. The molecule has 1 rings (SSSR count). The number of hydrogen-bond donors (Lipinski definition) is 3. The summed E-state index contributed by atoms with van der Waals surface area (Å²) in [6.45, 7) is 4.05. The van der Waals surface area contributed by atoms with Gasteiger partial charge in [0.05, 0.1) is 5.92 Å². The van der Waals surface area contributed by atoms with Crippen LogP contribution in [0, 0.1) is 11.8 Å². The van der Waals surface area contributed by atoms with E-state index in [1.165, 1.54) is 0 Å². The first-order chi connectivity index (χ1) is 7.43. The van der Waals surface area contributed by atoms with E-state index in [4.69, 9.17) is 10.2 Å². The molecule has 0 aliphatic carbocycles. The average Bonchev–Trinajstić information content (AvgIpc) is 2.65. The molecule has 1 aliphatic rings. The maximum Gasteiger partial charge on any atom is 0.321 e. The Morgan fingerprint density at radius 2 is 2.06 bits per heavy atom. The van der Waals surface area contributed by atoms with E-state index >= 15 is 0 Å². The SMILES string of the molecule is CC(=CC(C)C(=O)O)C1CCNC1C(=O)O. The molecule has 1 heterocycles. The van der Waals surface area contributed by atoms with Crippen LogP contribution in [0.4, 0.5) is 0 Å². The summed E-state index contributed by atoms with van der Waals surface area (Å²) >= 11 is 0. The Morgan fingerprint density at radius 3 is 2.56 bits per heavy atom. The van der Waals surface area contributed by atoms with Crippen LogP contribution in [0.2, 0.25) is 0 Å². The van der Waals surface area contributed by atoms with E-state index in [2.05, 4.69) is 5.32 Å². The van der Waals surface area contributed by atoms with Gasteiger partial charge in [0, 0.05) is 5.92 Å². The van der Waals surface area contributed by atoms with E-state index in [0.29, 0.717) is 6.54 Å². The zero-order valence-electron chi connectivity index (χ0n) is 9.43. The summed E-state index contributed by atoms with van der Waals surface area (Å²) in [5.74, 6) is -2.44. The lowest BCUT2D eigenvalue weighted by Crippen LogP contribution is -2.36. The van der Waals surface area contributed by atoms with Crippen molar-refractivity contribution < 1.29 is 19.8 Å². The molecule has 0 amide bonds. The topological polar surface area (TPSA) is 86.6 Å². The van der Waals surface area contributed by atoms with Crippen molar-refractivity contribution >= 4 is 11.9 Å². The fourth-order valence-electron chi connectivity index (χ4n) is 2.04. The molecule has 1 saturated heterocycles. The number of carboxylic acid groups (broad SMARTS) is 2. The van der Waals surface area contributed by atoms with Crippen LogP contribution in [0.5, 0.6) is 0 Å². The van der Waals surface area contributed by atoms with Crippen molar-refractivity contribution in [3.05, 3.63) is 11.6 Å². The fourth-order valence-corrected chi connectivity index (χ4v) is 2.04. The molecule has 5 nitrogen and oxygen atoms in total. The minimum Gasteiger partial charge on any atom is -0.481 e. The first-order valence-electron chi connectivity index (χ1n) is 5.30. The standard InChI is InChI=1S/C11H17NO4/c1-6(5-7(2)10(13)14)8-3-4-12-9(8)11(15)16/h5,7-9,12H,3-4H2,1-2H3,(H,13,14)(H,15,16). The number of carbonyl (C=O) groups is 2. The normalized spacial score (nSPS) is 27.8. The van der Waals surface area contributed by atoms with Crippen LogP contribution in [-0.2, 0) is 9.59 Å². The Hall–Kier alpha value is -1.36. The van der Waals surface area contributed by atoms with Gasteiger partial charge in [0.1, 0.15) is 6.04 Å². The first kappa shape index (κ1) is 12.7. The second-order valence-corrected chi connectivity index (χ2v) is 4.20. The van der Waals surface area contributed by atoms with Gasteiger partial charge in [0.15, 0.2) is 0 Å². The number of hydrogen-bond acceptors (Lipinski definition) is 3. The summed E-state index contributed by atoms with van der Waals surface area (Å²) < 4.78 is 0. The molecule has 3 N–H and O–H groups in total. The van der Waals surface area contributed by atoms with Crippen molar-refractivity contribution in [2.75, 3.05) is 6.54 Å². The summed E-state index contributed by atoms with van der Waals surface area (Å²) in [4.78, 5) is 21.6. The van der Waals surface area contributed by atoms with E-state index in [9.17, 15) is 9.59 Å². The third-order valence-electron chi connectivity index (χ3n) is 2.98. The number of nitrogens with one attached hydrogen (secondary N) is 1. The summed E-state index contributed by atoms with van der Waals surface area (Å²) in [6, 6.07) is -0.586. The predicted octanol–water partition coefficient (Wildman–Crippen LogP) is 0.716. The summed E-state index contributed by atoms with van der Waals surface area (Å²) in [5.41, 5.74) is 0.840. The predicted molar refractivity (Wildman–Crippen MR) is 58.1 cm³/mol. The molecule has 3 atom stereocenters. The van der Waals surface area contributed by atoms with E-state index in [1.807, 2.05) is 0 Å². The molecule has 0 aromatic carbocycles. The van der Waals surface area contributed by atoms with Gasteiger partial charge >= 0.3 is 11.9 Å². The molecule has 1 fully saturated rings. The Morgan fingerprint density at radius 1 is 1.44 bits per heavy atom. The van der Waals surface area contributed by atoms with Gasteiger partial charge in [-0.15, -0.1) is 0 Å². The van der Waals surface area contributed by atoms with E-state index in [0.717, 1.165) is 12.0 Å². The van der Waals surface area contributed by atoms with Crippen molar-refractivity contribution in [2.24, 2.45) is 11.8 Å². The second-order valence-electron chi connectivity index (χ2n) is 4.20. The lowest BCUT2D eigenvalue weighted by atomic mass is 9.90. The fraction of sp³-hybridized carbons (Fsp3) is 0.636. The highest BCUT2D eigenvalue weighted by Crippen LogP contribution is 2.25. The molecule has 5 heteroatoms. The van der Waals surface area contributed by atoms with E-state index < -0.39 is 23.9 Å². The molecule has 3 unspecified atom stereocenters. The molecule has 90 valence electrons. The van der Waals surface area contributed by atoms with Crippen LogP contribution < -0.4 is 5.32 Å². The third-order valence-corrected chi connectivity index (χ3v) is 2.98. The Balaban J connectivity index is 2.76. The summed E-state index contributed by atoms with van der Waals surface area (Å²) in [5, 5.41) is 20.6. The van der Waals surface area contributed by atoms with Crippen molar-refractivity contribution in [1.29, 1.82) is 0 Å². The quantitative estimate of drug-likeness (QED) is 0.616. The van der Waals surface area contributed by atoms with Crippen molar-refractivity contribution in [3.63, 3.8) is 0 Å². The van der Waals surface area contributed by atoms with Crippen LogP contribution >= 0.6 is 0 Å². The maximum atomic E-state index is 10.9. The molecule has 0 spiro atoms. The van der Waals surface area contributed by atoms with Gasteiger partial charge in [0.2, 0.25) is 0 Å². The molecular formula is C11H17NO4. The van der Waals surface area contributed by atoms with Crippen molar-refractivity contribution in [3.8, 4) is 0 Å². The van der Waals surface area contributed by atoms with Gasteiger partial charge in [-0.1, -0.05) is 11.6 Å². The highest BCUT2D eigenvalue weighted by molar-refractivity contribution is 5.75. The summed E-state index contributed by atoms with van der Waals surface area (Å²) in [7, 11) is 0. The molecule has 0 bridgehead atoms. The Bertz CT molecular complexity index is 324. The van der Waals surface area contributed by atoms with Crippen LogP contribution in [0.25, 0.3) is 0 Å². The van der Waals surface area contributed by atoms with E-state index in [-0.39, 0.29) is 5.92 Å². The molecule has 0 saturated carbocycles. The molecule has 0 aromatic rings. The highest BCUT2D eigenvalue weighted by atomic mass is 16.4. The molecule has 0 aromatic heterocycles. The van der Waals surface area contributed by atoms with Crippen molar-refractivity contribution in [1.82, 2.24) is 5.32 Å². The van der Waals surface area contributed by atoms with Gasteiger partial charge in [-0.2, -0.15) is 0 Å². The van der Waals surface area contributed by atoms with Gasteiger partial charge in [-0.25, -0.2) is 0 Å². The number of carboxylic acids is 2. The monoisotopic (exact) mass is 227 g/mol. The van der Waals surface area contributed by atoms with Gasteiger partial charge in [0.25, 0.3) is 0 Å². The van der Waals surface area contributed by atoms with Crippen molar-refractivity contribution in [2.45, 2.75) is 26.3 Å².